The van der Waals surface area contributed by atoms with Gasteiger partial charge in [-0.25, -0.2) is 0 Å². The highest BCUT2D eigenvalue weighted by molar-refractivity contribution is 6.30. The smallest absolute Gasteiger partial charge is 0.252 e. The van der Waals surface area contributed by atoms with Crippen molar-refractivity contribution in [2.45, 2.75) is 37.8 Å². The maximum absolute atomic E-state index is 12.0. The van der Waals surface area contributed by atoms with E-state index in [9.17, 15) is 9.90 Å². The normalized spacial score (nSPS) is 16.6. The lowest BCUT2D eigenvalue weighted by Crippen LogP contribution is -2.44. The van der Waals surface area contributed by atoms with Crippen molar-refractivity contribution in [1.82, 2.24) is 15.5 Å². The molecule has 1 heterocycles. The van der Waals surface area contributed by atoms with Crippen LogP contribution in [0.3, 0.4) is 0 Å². The molecule has 1 saturated carbocycles. The Morgan fingerprint density at radius 3 is 2.91 bits per heavy atom. The van der Waals surface area contributed by atoms with Crippen molar-refractivity contribution in [2.75, 3.05) is 0 Å². The summed E-state index contributed by atoms with van der Waals surface area (Å²) in [6, 6.07) is 7.11. The maximum atomic E-state index is 12.0. The fourth-order valence-corrected chi connectivity index (χ4v) is 2.77. The van der Waals surface area contributed by atoms with Crippen molar-refractivity contribution in [3.8, 4) is 11.4 Å². The summed E-state index contributed by atoms with van der Waals surface area (Å²) in [6.45, 7) is 0.0920. The summed E-state index contributed by atoms with van der Waals surface area (Å²) >= 11 is 5.92. The number of aliphatic hydroxyl groups is 1. The van der Waals surface area contributed by atoms with Gasteiger partial charge in [0.05, 0.1) is 6.54 Å². The number of nitrogens with one attached hydrogen (secondary N) is 1. The minimum Gasteiger partial charge on any atom is -0.380 e. The molecule has 0 radical (unpaired) electrons. The molecule has 22 heavy (non-hydrogen) atoms. The minimum atomic E-state index is -1.25. The quantitative estimate of drug-likeness (QED) is 0.902. The number of amides is 1. The average molecular weight is 322 g/mol. The topological polar surface area (TPSA) is 88.3 Å². The second-order valence-electron chi connectivity index (χ2n) is 5.44. The molecule has 3 rings (SSSR count). The van der Waals surface area contributed by atoms with Crippen LogP contribution in [-0.4, -0.2) is 26.8 Å². The number of aromatic nitrogens is 2. The van der Waals surface area contributed by atoms with Crippen molar-refractivity contribution in [3.63, 3.8) is 0 Å². The summed E-state index contributed by atoms with van der Waals surface area (Å²) in [5.41, 5.74) is -0.515. The number of benzene rings is 1. The fourth-order valence-electron chi connectivity index (χ4n) is 2.58. The molecule has 0 aliphatic heterocycles. The predicted molar refractivity (Wildman–Crippen MR) is 80.0 cm³/mol. The summed E-state index contributed by atoms with van der Waals surface area (Å²) in [7, 11) is 0. The van der Waals surface area contributed by atoms with Gasteiger partial charge in [-0.15, -0.1) is 0 Å². The first-order valence-corrected chi connectivity index (χ1v) is 7.54. The van der Waals surface area contributed by atoms with Gasteiger partial charge in [-0.2, -0.15) is 4.98 Å². The maximum Gasteiger partial charge on any atom is 0.252 e. The van der Waals surface area contributed by atoms with Gasteiger partial charge in [0.25, 0.3) is 5.91 Å². The van der Waals surface area contributed by atoms with Gasteiger partial charge in [-0.3, -0.25) is 4.79 Å². The monoisotopic (exact) mass is 321 g/mol. The SMILES string of the molecule is O=C(NCc1nc(-c2cccc(Cl)c2)no1)C1(O)CCCC1. The molecule has 1 aromatic carbocycles. The van der Waals surface area contributed by atoms with Gasteiger partial charge in [0, 0.05) is 10.6 Å². The van der Waals surface area contributed by atoms with Crippen LogP contribution in [0.4, 0.5) is 0 Å². The third kappa shape index (κ3) is 3.13. The van der Waals surface area contributed by atoms with Crippen molar-refractivity contribution in [3.05, 3.63) is 35.2 Å². The molecule has 1 fully saturated rings. The summed E-state index contributed by atoms with van der Waals surface area (Å²) < 4.78 is 5.10. The van der Waals surface area contributed by atoms with E-state index in [1.165, 1.54) is 0 Å². The van der Waals surface area contributed by atoms with Crippen molar-refractivity contribution < 1.29 is 14.4 Å². The summed E-state index contributed by atoms with van der Waals surface area (Å²) in [6.07, 6.45) is 2.72. The lowest BCUT2D eigenvalue weighted by atomic mass is 10.0. The highest BCUT2D eigenvalue weighted by Gasteiger charge is 2.38. The molecular formula is C15H16ClN3O3. The zero-order chi connectivity index (χ0) is 15.6. The number of halogens is 1. The number of rotatable bonds is 4. The molecule has 7 heteroatoms. The van der Waals surface area contributed by atoms with E-state index in [-0.39, 0.29) is 18.3 Å². The van der Waals surface area contributed by atoms with Crippen LogP contribution in [0.15, 0.2) is 28.8 Å². The molecule has 1 aliphatic rings. The minimum absolute atomic E-state index is 0.0920. The van der Waals surface area contributed by atoms with E-state index in [1.807, 2.05) is 6.07 Å². The highest BCUT2D eigenvalue weighted by Crippen LogP contribution is 2.29. The molecule has 2 aromatic rings. The van der Waals surface area contributed by atoms with Crippen LogP contribution < -0.4 is 5.32 Å². The second-order valence-corrected chi connectivity index (χ2v) is 5.88. The molecule has 6 nitrogen and oxygen atoms in total. The van der Waals surface area contributed by atoms with Crippen LogP contribution >= 0.6 is 11.6 Å². The molecule has 2 N–H and O–H groups in total. The molecule has 1 aromatic heterocycles. The molecular weight excluding hydrogens is 306 g/mol. The van der Waals surface area contributed by atoms with Gasteiger partial charge in [-0.1, -0.05) is 28.9 Å². The standard InChI is InChI=1S/C15H16ClN3O3/c16-11-5-3-4-10(8-11)13-18-12(22-19-13)9-17-14(20)15(21)6-1-2-7-15/h3-5,8,21H,1-2,6-7,9H2,(H,17,20). The Hall–Kier alpha value is -1.92. The average Bonchev–Trinajstić information content (AvgIpc) is 3.14. The van der Waals surface area contributed by atoms with E-state index in [2.05, 4.69) is 15.5 Å². The Morgan fingerprint density at radius 2 is 2.18 bits per heavy atom. The van der Waals surface area contributed by atoms with Gasteiger partial charge >= 0.3 is 0 Å². The molecule has 0 unspecified atom stereocenters. The summed E-state index contributed by atoms with van der Waals surface area (Å²) in [5, 5.41) is 17.3. The number of hydrogen-bond donors (Lipinski definition) is 2. The Labute approximate surface area is 132 Å². The van der Waals surface area contributed by atoms with Crippen LogP contribution in [0, 0.1) is 0 Å². The first-order valence-electron chi connectivity index (χ1n) is 7.16. The van der Waals surface area contributed by atoms with Gasteiger partial charge in [0.1, 0.15) is 5.60 Å². The lowest BCUT2D eigenvalue weighted by Gasteiger charge is -2.20. The Balaban J connectivity index is 1.64. The van der Waals surface area contributed by atoms with E-state index in [4.69, 9.17) is 16.1 Å². The van der Waals surface area contributed by atoms with Crippen molar-refractivity contribution in [2.24, 2.45) is 0 Å². The summed E-state index contributed by atoms with van der Waals surface area (Å²) in [5.74, 6) is 0.309. The fraction of sp³-hybridized carbons (Fsp3) is 0.400. The number of nitrogens with zero attached hydrogens (tertiary/aromatic N) is 2. The second kappa shape index (κ2) is 6.06. The molecule has 1 amide bonds. The van der Waals surface area contributed by atoms with Crippen LogP contribution in [0.2, 0.25) is 5.02 Å². The number of carbonyl (C=O) groups is 1. The van der Waals surface area contributed by atoms with Gasteiger partial charge in [0.15, 0.2) is 0 Å². The third-order valence-corrected chi connectivity index (χ3v) is 4.04. The highest BCUT2D eigenvalue weighted by atomic mass is 35.5. The summed E-state index contributed by atoms with van der Waals surface area (Å²) in [4.78, 5) is 16.2. The van der Waals surface area contributed by atoms with Gasteiger partial charge in [-0.05, 0) is 37.8 Å². The van der Waals surface area contributed by atoms with Gasteiger partial charge < -0.3 is 14.9 Å². The van der Waals surface area contributed by atoms with Gasteiger partial charge in [0.2, 0.25) is 11.7 Å². The molecule has 116 valence electrons. The molecule has 0 atom stereocenters. The Kier molecular flexibility index (Phi) is 4.13. The molecule has 0 spiro atoms. The zero-order valence-electron chi connectivity index (χ0n) is 11.9. The first-order chi connectivity index (χ1) is 10.6. The van der Waals surface area contributed by atoms with E-state index >= 15 is 0 Å². The predicted octanol–water partition coefficient (Wildman–Crippen LogP) is 2.31. The first kappa shape index (κ1) is 15.0. The molecule has 0 saturated heterocycles. The molecule has 0 bridgehead atoms. The number of carbonyl (C=O) groups excluding carboxylic acids is 1. The Morgan fingerprint density at radius 1 is 1.41 bits per heavy atom. The van der Waals surface area contributed by atoms with Crippen LogP contribution in [0.5, 0.6) is 0 Å². The van der Waals surface area contributed by atoms with Crippen molar-refractivity contribution in [1.29, 1.82) is 0 Å². The lowest BCUT2D eigenvalue weighted by molar-refractivity contribution is -0.139. The third-order valence-electron chi connectivity index (χ3n) is 3.80. The zero-order valence-corrected chi connectivity index (χ0v) is 12.6. The van der Waals surface area contributed by atoms with E-state index < -0.39 is 5.60 Å². The van der Waals surface area contributed by atoms with Crippen LogP contribution in [0.1, 0.15) is 31.6 Å². The van der Waals surface area contributed by atoms with Crippen molar-refractivity contribution >= 4 is 17.5 Å². The largest absolute Gasteiger partial charge is 0.380 e. The van der Waals surface area contributed by atoms with E-state index in [1.54, 1.807) is 18.2 Å². The van der Waals surface area contributed by atoms with E-state index in [0.29, 0.717) is 23.7 Å². The number of hydrogen-bond acceptors (Lipinski definition) is 5. The molecule has 1 aliphatic carbocycles. The van der Waals surface area contributed by atoms with Crippen LogP contribution in [-0.2, 0) is 11.3 Å². The Bertz CT molecular complexity index is 680. The van der Waals surface area contributed by atoms with Crippen LogP contribution in [0.25, 0.3) is 11.4 Å². The van der Waals surface area contributed by atoms with E-state index in [0.717, 1.165) is 18.4 Å².